The summed E-state index contributed by atoms with van der Waals surface area (Å²) >= 11 is 4.55. The maximum Gasteiger partial charge on any atom is 0.281 e. The molecule has 0 heterocycles. The first-order chi connectivity index (χ1) is 14.9. The van der Waals surface area contributed by atoms with Gasteiger partial charge in [0.05, 0.1) is 0 Å². The molecule has 0 N–H and O–H groups in total. The van der Waals surface area contributed by atoms with Crippen LogP contribution in [0.15, 0.2) is 60.7 Å². The molecular formula is C27H23FeO3. The minimum atomic E-state index is 0.117. The first kappa shape index (κ1) is 26.2. The van der Waals surface area contributed by atoms with Gasteiger partial charge < -0.3 is 0 Å². The zero-order chi connectivity index (χ0) is 23.8. The summed E-state index contributed by atoms with van der Waals surface area (Å²) in [5.41, 5.74) is 11.0. The molecule has 1 atom stereocenters. The Morgan fingerprint density at radius 3 is 1.81 bits per heavy atom. The molecule has 0 spiro atoms. The standard InChI is InChI=1S/C24H23.3CO.Fe/c1-16-9-5-6-11-18(16)19-12-7-10-17-15-21-20(23(17)19)13-8-14-22(21)24(2,3)4;3*1-2;/h5-15H,1-4H3;;;;. The van der Waals surface area contributed by atoms with Crippen molar-refractivity contribution in [3.05, 3.63) is 82.9 Å². The fourth-order valence-electron chi connectivity index (χ4n) is 4.03. The van der Waals surface area contributed by atoms with Crippen LogP contribution in [0.5, 0.6) is 0 Å². The van der Waals surface area contributed by atoms with E-state index in [9.17, 15) is 0 Å². The van der Waals surface area contributed by atoms with Gasteiger partial charge in [-0.15, -0.1) is 0 Å². The Kier molecular flexibility index (Phi) is 9.77. The number of fused-ring (bicyclic) bond motifs is 3. The van der Waals surface area contributed by atoms with Gasteiger partial charge in [-0.3, -0.25) is 14.4 Å². The van der Waals surface area contributed by atoms with E-state index in [0.717, 1.165) is 0 Å². The van der Waals surface area contributed by atoms with Crippen LogP contribution in [0.25, 0.3) is 22.3 Å². The largest absolute Gasteiger partial charge is 0.281 e. The van der Waals surface area contributed by atoms with Gasteiger partial charge in [0.2, 0.25) is 0 Å². The molecule has 3 aromatic rings. The summed E-state index contributed by atoms with van der Waals surface area (Å²) in [4.78, 5) is 22.7. The zero-order valence-electron chi connectivity index (χ0n) is 17.9. The molecule has 1 aliphatic carbocycles. The van der Waals surface area contributed by atoms with Crippen LogP contribution in [0.1, 0.15) is 47.8 Å². The fraction of sp³-hybridized carbons (Fsp3) is 0.222. The van der Waals surface area contributed by atoms with E-state index in [-0.39, 0.29) is 10.2 Å². The Morgan fingerprint density at radius 1 is 0.710 bits per heavy atom. The number of benzene rings is 3. The first-order valence-corrected chi connectivity index (χ1v) is 10.1. The van der Waals surface area contributed by atoms with Crippen molar-refractivity contribution in [3.63, 3.8) is 0 Å². The molecule has 31 heavy (non-hydrogen) atoms. The molecule has 0 saturated heterocycles. The molecule has 0 aromatic heterocycles. The third-order valence-electron chi connectivity index (χ3n) is 5.23. The van der Waals surface area contributed by atoms with Crippen molar-refractivity contribution in [1.82, 2.24) is 0 Å². The molecule has 4 heteroatoms. The maximum atomic E-state index is 7.50. The molecule has 0 bridgehead atoms. The Hall–Kier alpha value is -2.81. The van der Waals surface area contributed by atoms with Gasteiger partial charge in [0.15, 0.2) is 0 Å². The van der Waals surface area contributed by atoms with Gasteiger partial charge in [0, 0.05) is 0 Å². The molecule has 3 aromatic carbocycles. The van der Waals surface area contributed by atoms with Gasteiger partial charge in [-0.1, -0.05) is 0 Å². The Balaban J connectivity index is 0.000000739. The second-order valence-electron chi connectivity index (χ2n) is 7.95. The Labute approximate surface area is 193 Å². The number of carbonyl (C=O) groups excluding carboxylic acids is 3. The van der Waals surface area contributed by atoms with Crippen molar-refractivity contribution in [2.75, 3.05) is 0 Å². The minimum Gasteiger partial charge on any atom is -0.281 e. The summed E-state index contributed by atoms with van der Waals surface area (Å²) in [6.07, 6.45) is 0. The van der Waals surface area contributed by atoms with Crippen molar-refractivity contribution >= 4 is 20.4 Å². The summed E-state index contributed by atoms with van der Waals surface area (Å²) in [5.74, 6) is 0. The molecule has 1 aliphatic rings. The van der Waals surface area contributed by atoms with Crippen LogP contribution in [0.4, 0.5) is 0 Å². The third-order valence-corrected chi connectivity index (χ3v) is 5.89. The van der Waals surface area contributed by atoms with Crippen LogP contribution >= 0.6 is 0 Å². The predicted octanol–water partition coefficient (Wildman–Crippen LogP) is 5.38. The maximum absolute atomic E-state index is 7.50. The molecule has 1 unspecified atom stereocenters. The van der Waals surface area contributed by atoms with Gasteiger partial charge in [-0.05, 0) is 0 Å². The van der Waals surface area contributed by atoms with Crippen molar-refractivity contribution in [3.8, 4) is 22.3 Å². The number of hydrogen-bond acceptors (Lipinski definition) is 3. The van der Waals surface area contributed by atoms with Crippen molar-refractivity contribution in [1.29, 1.82) is 0 Å². The van der Waals surface area contributed by atoms with Gasteiger partial charge >= 0.3 is 159 Å². The second kappa shape index (κ2) is 11.5. The van der Waals surface area contributed by atoms with E-state index in [1.54, 1.807) is 0 Å². The minimum absolute atomic E-state index is 0.117. The van der Waals surface area contributed by atoms with Crippen molar-refractivity contribution in [2.45, 2.75) is 37.9 Å². The van der Waals surface area contributed by atoms with E-state index in [1.807, 2.05) is 0 Å². The SMILES string of the molecule is Cc1ccccc1-c1cccc2c1-c1cccc(C(C)(C)C)c1[CH]2[Fe].[C]=O.[C]=O.[C]=O. The van der Waals surface area contributed by atoms with E-state index >= 15 is 0 Å². The normalized spacial score (nSPS) is 13.1. The van der Waals surface area contributed by atoms with E-state index in [0.29, 0.717) is 0 Å². The average Bonchev–Trinajstić information content (AvgIpc) is 3.10. The molecule has 6 radical (unpaired) electrons. The second-order valence-corrected chi connectivity index (χ2v) is 8.59. The summed E-state index contributed by atoms with van der Waals surface area (Å²) in [6, 6.07) is 22.1. The third kappa shape index (κ3) is 5.10. The van der Waals surface area contributed by atoms with Crippen LogP contribution in [-0.2, 0) is 35.8 Å². The molecule has 157 valence electrons. The molecule has 3 nitrogen and oxygen atoms in total. The van der Waals surface area contributed by atoms with Crippen LogP contribution in [0.3, 0.4) is 0 Å². The van der Waals surface area contributed by atoms with Gasteiger partial charge in [-0.25, -0.2) is 0 Å². The Morgan fingerprint density at radius 2 is 1.23 bits per heavy atom. The number of rotatable bonds is 1. The van der Waals surface area contributed by atoms with Gasteiger partial charge in [0.25, 0.3) is 20.4 Å². The molecule has 4 rings (SSSR count). The average molecular weight is 451 g/mol. The number of aryl methyl sites for hydroxylation is 1. The monoisotopic (exact) mass is 451 g/mol. The van der Waals surface area contributed by atoms with E-state index in [1.165, 1.54) is 44.5 Å². The fourth-order valence-corrected chi connectivity index (χ4v) is 4.64. The summed E-state index contributed by atoms with van der Waals surface area (Å²) in [7, 11) is 0. The van der Waals surface area contributed by atoms with Gasteiger partial charge in [-0.2, -0.15) is 0 Å². The van der Waals surface area contributed by atoms with Crippen molar-refractivity contribution < 1.29 is 30.4 Å². The van der Waals surface area contributed by atoms with E-state index in [4.69, 9.17) is 14.4 Å². The van der Waals surface area contributed by atoms with Crippen LogP contribution < -0.4 is 0 Å². The predicted molar refractivity (Wildman–Crippen MR) is 120 cm³/mol. The Bertz CT molecular complexity index is 1020. The van der Waals surface area contributed by atoms with Crippen molar-refractivity contribution in [2.24, 2.45) is 0 Å². The van der Waals surface area contributed by atoms with E-state index < -0.39 is 0 Å². The summed E-state index contributed by atoms with van der Waals surface area (Å²) < 4.78 is 0. The topological polar surface area (TPSA) is 51.2 Å². The molecule has 0 fully saturated rings. The molecular weight excluding hydrogens is 428 g/mol. The van der Waals surface area contributed by atoms with E-state index in [2.05, 4.69) is 125 Å². The molecule has 0 aliphatic heterocycles. The van der Waals surface area contributed by atoms with Crippen LogP contribution in [0, 0.1) is 6.92 Å². The zero-order valence-corrected chi connectivity index (χ0v) is 19.0. The summed E-state index contributed by atoms with van der Waals surface area (Å²) in [6.45, 7) is 22.6. The first-order valence-electron chi connectivity index (χ1n) is 9.46. The van der Waals surface area contributed by atoms with Crippen LogP contribution in [0.2, 0.25) is 0 Å². The smallest absolute Gasteiger partial charge is 0.281 e. The van der Waals surface area contributed by atoms with Gasteiger partial charge in [0.1, 0.15) is 0 Å². The quantitative estimate of drug-likeness (QED) is 0.467. The molecule has 0 saturated carbocycles. The summed E-state index contributed by atoms with van der Waals surface area (Å²) in [5, 5.41) is 0. The number of hydrogen-bond donors (Lipinski definition) is 0. The van der Waals surface area contributed by atoms with Crippen LogP contribution in [-0.4, -0.2) is 20.4 Å². The molecule has 0 amide bonds.